The number of anilines is 1. The lowest BCUT2D eigenvalue weighted by Gasteiger charge is -2.26. The quantitative estimate of drug-likeness (QED) is 0.918. The third-order valence-corrected chi connectivity index (χ3v) is 3.45. The zero-order valence-electron chi connectivity index (χ0n) is 11.6. The van der Waals surface area contributed by atoms with Gasteiger partial charge in [0.2, 0.25) is 5.91 Å². The maximum absolute atomic E-state index is 12.2. The molecule has 106 valence electrons. The van der Waals surface area contributed by atoms with Crippen LogP contribution in [0.2, 0.25) is 0 Å². The summed E-state index contributed by atoms with van der Waals surface area (Å²) >= 11 is 0. The molecule has 0 radical (unpaired) electrons. The SMILES string of the molecule is CC(=O)Nc1ccccc1C1CC(=O)c2ccccc2O1. The predicted octanol–water partition coefficient (Wildman–Crippen LogP) is 3.35. The van der Waals surface area contributed by atoms with Crippen molar-refractivity contribution >= 4 is 17.4 Å². The molecule has 1 atom stereocenters. The van der Waals surface area contributed by atoms with Crippen LogP contribution in [0.3, 0.4) is 0 Å². The van der Waals surface area contributed by atoms with Gasteiger partial charge < -0.3 is 10.1 Å². The molecule has 1 N–H and O–H groups in total. The third-order valence-electron chi connectivity index (χ3n) is 3.45. The Morgan fingerprint density at radius 2 is 1.86 bits per heavy atom. The highest BCUT2D eigenvalue weighted by atomic mass is 16.5. The standard InChI is InChI=1S/C17H15NO3/c1-11(19)18-14-8-4-2-6-12(14)17-10-15(20)13-7-3-5-9-16(13)21-17/h2-9,17H,10H2,1H3,(H,18,19). The van der Waals surface area contributed by atoms with E-state index in [0.29, 0.717) is 17.0 Å². The van der Waals surface area contributed by atoms with E-state index in [1.807, 2.05) is 36.4 Å². The van der Waals surface area contributed by atoms with Gasteiger partial charge in [0.1, 0.15) is 11.9 Å². The Kier molecular flexibility index (Phi) is 3.44. The Labute approximate surface area is 122 Å². The first kappa shape index (κ1) is 13.4. The van der Waals surface area contributed by atoms with Crippen LogP contribution in [0.4, 0.5) is 5.69 Å². The molecular weight excluding hydrogens is 266 g/mol. The van der Waals surface area contributed by atoms with E-state index in [1.54, 1.807) is 12.1 Å². The summed E-state index contributed by atoms with van der Waals surface area (Å²) in [5.74, 6) is 0.501. The molecule has 2 aromatic carbocycles. The summed E-state index contributed by atoms with van der Waals surface area (Å²) in [6.07, 6.45) is -0.108. The number of hydrogen-bond donors (Lipinski definition) is 1. The zero-order chi connectivity index (χ0) is 14.8. The molecule has 2 aromatic rings. The Morgan fingerprint density at radius 3 is 2.67 bits per heavy atom. The summed E-state index contributed by atoms with van der Waals surface area (Å²) in [5, 5.41) is 2.78. The Balaban J connectivity index is 1.96. The van der Waals surface area contributed by atoms with Crippen molar-refractivity contribution in [2.24, 2.45) is 0 Å². The smallest absolute Gasteiger partial charge is 0.221 e. The largest absolute Gasteiger partial charge is 0.484 e. The number of rotatable bonds is 2. The van der Waals surface area contributed by atoms with Crippen molar-refractivity contribution in [3.05, 3.63) is 59.7 Å². The van der Waals surface area contributed by atoms with E-state index in [0.717, 1.165) is 5.56 Å². The fourth-order valence-corrected chi connectivity index (χ4v) is 2.53. The van der Waals surface area contributed by atoms with Crippen LogP contribution in [0.25, 0.3) is 0 Å². The average molecular weight is 281 g/mol. The number of amides is 1. The van der Waals surface area contributed by atoms with E-state index < -0.39 is 0 Å². The molecule has 0 aromatic heterocycles. The van der Waals surface area contributed by atoms with Gasteiger partial charge in [0.15, 0.2) is 5.78 Å². The van der Waals surface area contributed by atoms with Crippen LogP contribution in [0, 0.1) is 0 Å². The highest BCUT2D eigenvalue weighted by molar-refractivity contribution is 6.00. The lowest BCUT2D eigenvalue weighted by atomic mass is 9.95. The summed E-state index contributed by atoms with van der Waals surface area (Å²) in [4.78, 5) is 23.5. The van der Waals surface area contributed by atoms with Gasteiger partial charge in [-0.1, -0.05) is 30.3 Å². The van der Waals surface area contributed by atoms with Gasteiger partial charge >= 0.3 is 0 Å². The molecule has 0 aliphatic carbocycles. The lowest BCUT2D eigenvalue weighted by Crippen LogP contribution is -2.21. The monoisotopic (exact) mass is 281 g/mol. The van der Waals surface area contributed by atoms with Crippen molar-refractivity contribution in [3.8, 4) is 5.75 Å². The summed E-state index contributed by atoms with van der Waals surface area (Å²) < 4.78 is 5.94. The molecule has 0 fully saturated rings. The average Bonchev–Trinajstić information content (AvgIpc) is 2.47. The normalized spacial score (nSPS) is 16.8. The van der Waals surface area contributed by atoms with Crippen molar-refractivity contribution in [2.45, 2.75) is 19.4 Å². The minimum Gasteiger partial charge on any atom is -0.484 e. The highest BCUT2D eigenvalue weighted by Gasteiger charge is 2.28. The summed E-state index contributed by atoms with van der Waals surface area (Å²) in [5.41, 5.74) is 2.11. The summed E-state index contributed by atoms with van der Waals surface area (Å²) in [7, 11) is 0. The maximum Gasteiger partial charge on any atom is 0.221 e. The first-order valence-electron chi connectivity index (χ1n) is 6.80. The second-order valence-electron chi connectivity index (χ2n) is 5.00. The van der Waals surface area contributed by atoms with E-state index in [-0.39, 0.29) is 24.2 Å². The van der Waals surface area contributed by atoms with Crippen LogP contribution in [0.1, 0.15) is 35.4 Å². The van der Waals surface area contributed by atoms with Crippen LogP contribution in [-0.2, 0) is 4.79 Å². The Hall–Kier alpha value is -2.62. The molecule has 1 aliphatic rings. The first-order valence-corrected chi connectivity index (χ1v) is 6.80. The molecule has 21 heavy (non-hydrogen) atoms. The van der Waals surface area contributed by atoms with Gasteiger partial charge in [-0.3, -0.25) is 9.59 Å². The second-order valence-corrected chi connectivity index (χ2v) is 5.00. The van der Waals surface area contributed by atoms with E-state index >= 15 is 0 Å². The number of para-hydroxylation sites is 2. The van der Waals surface area contributed by atoms with Crippen molar-refractivity contribution in [3.63, 3.8) is 0 Å². The lowest BCUT2D eigenvalue weighted by molar-refractivity contribution is -0.114. The van der Waals surface area contributed by atoms with Gasteiger partial charge in [-0.05, 0) is 18.2 Å². The molecule has 0 saturated heterocycles. The van der Waals surface area contributed by atoms with Gasteiger partial charge in [0.25, 0.3) is 0 Å². The van der Waals surface area contributed by atoms with Gasteiger partial charge in [-0.25, -0.2) is 0 Å². The molecule has 1 heterocycles. The molecule has 0 spiro atoms. The highest BCUT2D eigenvalue weighted by Crippen LogP contribution is 2.37. The van der Waals surface area contributed by atoms with Crippen LogP contribution in [0.15, 0.2) is 48.5 Å². The predicted molar refractivity (Wildman–Crippen MR) is 79.5 cm³/mol. The number of nitrogens with one attached hydrogen (secondary N) is 1. The topological polar surface area (TPSA) is 55.4 Å². The summed E-state index contributed by atoms with van der Waals surface area (Å²) in [6, 6.07) is 14.6. The molecule has 4 heteroatoms. The van der Waals surface area contributed by atoms with Gasteiger partial charge in [-0.2, -0.15) is 0 Å². The number of carbonyl (C=O) groups is 2. The molecular formula is C17H15NO3. The van der Waals surface area contributed by atoms with Gasteiger partial charge in [-0.15, -0.1) is 0 Å². The van der Waals surface area contributed by atoms with E-state index in [9.17, 15) is 9.59 Å². The van der Waals surface area contributed by atoms with Crippen LogP contribution >= 0.6 is 0 Å². The second kappa shape index (κ2) is 5.40. The molecule has 0 saturated carbocycles. The number of ketones is 1. The van der Waals surface area contributed by atoms with Gasteiger partial charge in [0.05, 0.1) is 12.0 Å². The van der Waals surface area contributed by atoms with E-state index in [2.05, 4.69) is 5.32 Å². The molecule has 3 rings (SSSR count). The van der Waals surface area contributed by atoms with Crippen LogP contribution in [-0.4, -0.2) is 11.7 Å². The number of fused-ring (bicyclic) bond motifs is 1. The van der Waals surface area contributed by atoms with E-state index in [1.165, 1.54) is 6.92 Å². The van der Waals surface area contributed by atoms with Crippen molar-refractivity contribution < 1.29 is 14.3 Å². The molecule has 1 aliphatic heterocycles. The number of hydrogen-bond acceptors (Lipinski definition) is 3. The number of ether oxygens (including phenoxy) is 1. The van der Waals surface area contributed by atoms with Crippen LogP contribution in [0.5, 0.6) is 5.75 Å². The third kappa shape index (κ3) is 2.65. The first-order chi connectivity index (χ1) is 10.1. The molecule has 1 amide bonds. The summed E-state index contributed by atoms with van der Waals surface area (Å²) in [6.45, 7) is 1.46. The number of carbonyl (C=O) groups excluding carboxylic acids is 2. The Bertz CT molecular complexity index is 709. The number of Topliss-reactive ketones (excluding diaryl/α,β-unsaturated/α-hetero) is 1. The maximum atomic E-state index is 12.2. The van der Waals surface area contributed by atoms with E-state index in [4.69, 9.17) is 4.74 Å². The number of benzene rings is 2. The molecule has 4 nitrogen and oxygen atoms in total. The van der Waals surface area contributed by atoms with Crippen molar-refractivity contribution in [1.82, 2.24) is 0 Å². The Morgan fingerprint density at radius 1 is 1.14 bits per heavy atom. The van der Waals surface area contributed by atoms with Gasteiger partial charge in [0, 0.05) is 18.2 Å². The minimum atomic E-state index is -0.379. The van der Waals surface area contributed by atoms with Crippen LogP contribution < -0.4 is 10.1 Å². The zero-order valence-corrected chi connectivity index (χ0v) is 11.6. The molecule has 1 unspecified atom stereocenters. The van der Waals surface area contributed by atoms with Crippen molar-refractivity contribution in [2.75, 3.05) is 5.32 Å². The minimum absolute atomic E-state index is 0.0551. The fourth-order valence-electron chi connectivity index (χ4n) is 2.53. The van der Waals surface area contributed by atoms with Crippen molar-refractivity contribution in [1.29, 1.82) is 0 Å². The molecule has 0 bridgehead atoms. The fraction of sp³-hybridized carbons (Fsp3) is 0.176.